The molecule has 0 saturated carbocycles. The fourth-order valence-electron chi connectivity index (χ4n) is 2.91. The Balaban J connectivity index is 1.48. The fraction of sp³-hybridized carbons (Fsp3) is 0.111. The van der Waals surface area contributed by atoms with Gasteiger partial charge in [-0.2, -0.15) is 16.3 Å². The van der Waals surface area contributed by atoms with Gasteiger partial charge in [-0.15, -0.1) is 10.2 Å². The van der Waals surface area contributed by atoms with E-state index in [-0.39, 0.29) is 0 Å². The zero-order valence-electron chi connectivity index (χ0n) is 13.8. The Morgan fingerprint density at radius 1 is 1.19 bits per heavy atom. The Morgan fingerprint density at radius 2 is 2.12 bits per heavy atom. The Kier molecular flexibility index (Phi) is 3.72. The minimum Gasteiger partial charge on any atom is -0.334 e. The monoisotopic (exact) mass is 379 g/mol. The molecule has 0 radical (unpaired) electrons. The lowest BCUT2D eigenvalue weighted by atomic mass is 10.1. The summed E-state index contributed by atoms with van der Waals surface area (Å²) in [5, 5.41) is 18.7. The second-order valence-electron chi connectivity index (χ2n) is 5.84. The van der Waals surface area contributed by atoms with Crippen molar-refractivity contribution in [3.63, 3.8) is 0 Å². The largest absolute Gasteiger partial charge is 0.334 e. The highest BCUT2D eigenvalue weighted by Crippen LogP contribution is 2.28. The van der Waals surface area contributed by atoms with Crippen molar-refractivity contribution < 1.29 is 4.52 Å². The quantitative estimate of drug-likeness (QED) is 0.425. The van der Waals surface area contributed by atoms with Crippen LogP contribution >= 0.6 is 23.1 Å². The normalized spacial score (nSPS) is 11.6. The van der Waals surface area contributed by atoms with Crippen molar-refractivity contribution in [2.24, 2.45) is 0 Å². The highest BCUT2D eigenvalue weighted by Gasteiger charge is 2.14. The summed E-state index contributed by atoms with van der Waals surface area (Å²) in [6.45, 7) is 2.09. The van der Waals surface area contributed by atoms with E-state index >= 15 is 0 Å². The Morgan fingerprint density at radius 3 is 3.00 bits per heavy atom. The van der Waals surface area contributed by atoms with Gasteiger partial charge in [-0.1, -0.05) is 35.1 Å². The van der Waals surface area contributed by atoms with Crippen LogP contribution in [-0.4, -0.2) is 24.7 Å². The third-order valence-electron chi connectivity index (χ3n) is 4.14. The van der Waals surface area contributed by atoms with Crippen molar-refractivity contribution in [3.05, 3.63) is 58.5 Å². The third kappa shape index (κ3) is 2.58. The van der Waals surface area contributed by atoms with E-state index in [1.54, 1.807) is 23.1 Å². The van der Waals surface area contributed by atoms with Crippen LogP contribution in [0, 0.1) is 6.92 Å². The third-order valence-corrected chi connectivity index (χ3v) is 5.75. The fourth-order valence-corrected chi connectivity index (χ4v) is 4.34. The first-order valence-electron chi connectivity index (χ1n) is 8.01. The molecular weight excluding hydrogens is 366 g/mol. The molecular formula is C18H13N5OS2. The highest BCUT2D eigenvalue weighted by molar-refractivity contribution is 7.98. The molecule has 0 atom stereocenters. The lowest BCUT2D eigenvalue weighted by Crippen LogP contribution is -1.93. The molecule has 0 fully saturated rings. The standard InChI is InChI=1S/C18H13N5OS2/c1-11-8-16-20-21-18(23(16)14-5-3-2-4-13(11)14)26-10-15-19-17(24-22-15)12-6-7-25-9-12/h2-9H,10H2,1H3. The molecule has 1 aromatic carbocycles. The van der Waals surface area contributed by atoms with E-state index in [0.717, 1.165) is 21.9 Å². The first kappa shape index (κ1) is 15.5. The van der Waals surface area contributed by atoms with Crippen molar-refractivity contribution in [1.82, 2.24) is 24.7 Å². The van der Waals surface area contributed by atoms with Gasteiger partial charge in [-0.25, -0.2) is 0 Å². The second-order valence-corrected chi connectivity index (χ2v) is 7.56. The molecule has 5 aromatic rings. The second kappa shape index (κ2) is 6.22. The van der Waals surface area contributed by atoms with Gasteiger partial charge < -0.3 is 4.52 Å². The van der Waals surface area contributed by atoms with Crippen LogP contribution in [0.4, 0.5) is 0 Å². The lowest BCUT2D eigenvalue weighted by molar-refractivity contribution is 0.425. The van der Waals surface area contributed by atoms with Gasteiger partial charge in [0.25, 0.3) is 5.89 Å². The van der Waals surface area contributed by atoms with Gasteiger partial charge in [0.05, 0.1) is 16.8 Å². The van der Waals surface area contributed by atoms with E-state index in [4.69, 9.17) is 4.52 Å². The maximum absolute atomic E-state index is 5.34. The van der Waals surface area contributed by atoms with Crippen molar-refractivity contribution in [3.8, 4) is 11.5 Å². The summed E-state index contributed by atoms with van der Waals surface area (Å²) >= 11 is 3.15. The predicted octanol–water partition coefficient (Wildman–Crippen LogP) is 4.59. The van der Waals surface area contributed by atoms with Crippen LogP contribution in [0.1, 0.15) is 11.4 Å². The number of pyridine rings is 1. The number of benzene rings is 1. The van der Waals surface area contributed by atoms with E-state index in [1.807, 2.05) is 29.0 Å². The van der Waals surface area contributed by atoms with Gasteiger partial charge in [0, 0.05) is 10.8 Å². The summed E-state index contributed by atoms with van der Waals surface area (Å²) in [5.41, 5.74) is 4.08. The molecule has 5 rings (SSSR count). The molecule has 0 amide bonds. The molecule has 4 aromatic heterocycles. The summed E-state index contributed by atoms with van der Waals surface area (Å²) in [7, 11) is 0. The van der Waals surface area contributed by atoms with Gasteiger partial charge in [-0.3, -0.25) is 4.40 Å². The zero-order chi connectivity index (χ0) is 17.5. The predicted molar refractivity (Wildman–Crippen MR) is 102 cm³/mol. The first-order valence-corrected chi connectivity index (χ1v) is 9.94. The first-order chi connectivity index (χ1) is 12.8. The molecule has 0 N–H and O–H groups in total. The van der Waals surface area contributed by atoms with E-state index in [9.17, 15) is 0 Å². The summed E-state index contributed by atoms with van der Waals surface area (Å²) < 4.78 is 7.42. The molecule has 6 nitrogen and oxygen atoms in total. The van der Waals surface area contributed by atoms with Crippen molar-refractivity contribution in [1.29, 1.82) is 0 Å². The molecule has 26 heavy (non-hydrogen) atoms. The highest BCUT2D eigenvalue weighted by atomic mass is 32.2. The molecule has 0 aliphatic carbocycles. The maximum Gasteiger partial charge on any atom is 0.258 e. The molecule has 0 unspecified atom stereocenters. The maximum atomic E-state index is 5.34. The van der Waals surface area contributed by atoms with Crippen LogP contribution in [-0.2, 0) is 5.75 Å². The Bertz CT molecular complexity index is 1210. The molecule has 4 heterocycles. The van der Waals surface area contributed by atoms with Gasteiger partial charge in [0.15, 0.2) is 16.6 Å². The smallest absolute Gasteiger partial charge is 0.258 e. The number of nitrogens with zero attached hydrogens (tertiary/aromatic N) is 5. The summed E-state index contributed by atoms with van der Waals surface area (Å²) in [6, 6.07) is 12.3. The van der Waals surface area contributed by atoms with Gasteiger partial charge in [0.1, 0.15) is 0 Å². The number of hydrogen-bond donors (Lipinski definition) is 0. The molecule has 0 saturated heterocycles. The topological polar surface area (TPSA) is 69.1 Å². The van der Waals surface area contributed by atoms with Gasteiger partial charge in [-0.05, 0) is 36.1 Å². The number of thiophene rings is 1. The van der Waals surface area contributed by atoms with Crippen LogP contribution < -0.4 is 0 Å². The molecule has 128 valence electrons. The van der Waals surface area contributed by atoms with Crippen LogP contribution in [0.3, 0.4) is 0 Å². The van der Waals surface area contributed by atoms with Crippen molar-refractivity contribution in [2.45, 2.75) is 17.8 Å². The molecule has 0 bridgehead atoms. The number of fused-ring (bicyclic) bond motifs is 3. The average molecular weight is 379 g/mol. The number of thioether (sulfide) groups is 1. The van der Waals surface area contributed by atoms with Crippen molar-refractivity contribution >= 4 is 39.6 Å². The van der Waals surface area contributed by atoms with E-state index in [0.29, 0.717) is 17.5 Å². The van der Waals surface area contributed by atoms with Crippen LogP contribution in [0.25, 0.3) is 28.0 Å². The summed E-state index contributed by atoms with van der Waals surface area (Å²) in [5.74, 6) is 1.76. The Labute approximate surface area is 156 Å². The summed E-state index contributed by atoms with van der Waals surface area (Å²) in [6.07, 6.45) is 0. The van der Waals surface area contributed by atoms with Crippen LogP contribution in [0.2, 0.25) is 0 Å². The van der Waals surface area contributed by atoms with Crippen LogP contribution in [0.5, 0.6) is 0 Å². The van der Waals surface area contributed by atoms with Crippen LogP contribution in [0.15, 0.2) is 56.8 Å². The van der Waals surface area contributed by atoms with E-state index < -0.39 is 0 Å². The van der Waals surface area contributed by atoms with Gasteiger partial charge >= 0.3 is 0 Å². The number of aromatic nitrogens is 5. The zero-order valence-corrected chi connectivity index (χ0v) is 15.4. The molecule has 0 spiro atoms. The number of hydrogen-bond acceptors (Lipinski definition) is 7. The minimum absolute atomic E-state index is 0.550. The lowest BCUT2D eigenvalue weighted by Gasteiger charge is -2.06. The van der Waals surface area contributed by atoms with E-state index in [2.05, 4.69) is 49.9 Å². The van der Waals surface area contributed by atoms with Crippen molar-refractivity contribution in [2.75, 3.05) is 0 Å². The SMILES string of the molecule is Cc1cc2nnc(SCc3noc(-c4ccsc4)n3)n2c2ccccc12. The minimum atomic E-state index is 0.550. The van der Waals surface area contributed by atoms with E-state index in [1.165, 1.54) is 10.9 Å². The molecule has 8 heteroatoms. The molecule has 0 aliphatic heterocycles. The number of rotatable bonds is 4. The Hall–Kier alpha value is -2.71. The number of aryl methyl sites for hydroxylation is 1. The summed E-state index contributed by atoms with van der Waals surface area (Å²) in [4.78, 5) is 4.46. The van der Waals surface area contributed by atoms with Gasteiger partial charge in [0.2, 0.25) is 0 Å². The average Bonchev–Trinajstić information content (AvgIpc) is 3.40. The molecule has 0 aliphatic rings. The number of para-hydroxylation sites is 1.